The Kier molecular flexibility index (Phi) is 6.57. The molecule has 0 aliphatic carbocycles. The third-order valence-electron chi connectivity index (χ3n) is 4.57. The predicted molar refractivity (Wildman–Crippen MR) is 91.2 cm³/mol. The average molecular weight is 379 g/mol. The molecule has 2 fully saturated rings. The van der Waals surface area contributed by atoms with Crippen LogP contribution in [0.2, 0.25) is 0 Å². The summed E-state index contributed by atoms with van der Waals surface area (Å²) in [4.78, 5) is 12.2. The van der Waals surface area contributed by atoms with E-state index in [1.165, 1.54) is 25.0 Å². The number of anilines is 1. The number of piperidine rings is 1. The minimum absolute atomic E-state index is 0. The Morgan fingerprint density at radius 1 is 1.24 bits per heavy atom. The van der Waals surface area contributed by atoms with Crippen LogP contribution in [-0.2, 0) is 4.79 Å². The quantitative estimate of drug-likeness (QED) is 0.816. The van der Waals surface area contributed by atoms with Gasteiger partial charge in [-0.3, -0.25) is 4.79 Å². The molecule has 0 aromatic heterocycles. The van der Waals surface area contributed by atoms with Crippen molar-refractivity contribution in [1.82, 2.24) is 5.32 Å². The molecule has 0 saturated carbocycles. The van der Waals surface area contributed by atoms with Gasteiger partial charge < -0.3 is 15.4 Å². The molecule has 2 unspecified atom stereocenters. The van der Waals surface area contributed by atoms with E-state index in [9.17, 15) is 18.0 Å². The lowest BCUT2D eigenvalue weighted by atomic mass is 9.89. The fraction of sp³-hybridized carbons (Fsp3) is 0.588. The lowest BCUT2D eigenvalue weighted by Crippen LogP contribution is -2.39. The summed E-state index contributed by atoms with van der Waals surface area (Å²) in [6.07, 6.45) is 0.454. The Hall–Kier alpha value is -1.47. The van der Waals surface area contributed by atoms with Gasteiger partial charge in [-0.05, 0) is 43.7 Å². The normalized spacial score (nSPS) is 25.2. The van der Waals surface area contributed by atoms with Crippen LogP contribution in [0.5, 0.6) is 5.75 Å². The lowest BCUT2D eigenvalue weighted by Gasteiger charge is -2.28. The number of halogens is 4. The van der Waals surface area contributed by atoms with E-state index < -0.39 is 12.8 Å². The van der Waals surface area contributed by atoms with Gasteiger partial charge in [0.25, 0.3) is 0 Å². The van der Waals surface area contributed by atoms with Gasteiger partial charge in [-0.2, -0.15) is 13.2 Å². The van der Waals surface area contributed by atoms with Gasteiger partial charge in [0.2, 0.25) is 5.91 Å². The van der Waals surface area contributed by atoms with Gasteiger partial charge in [0.15, 0.2) is 6.61 Å². The Balaban J connectivity index is 0.00000225. The fourth-order valence-electron chi connectivity index (χ4n) is 3.64. The van der Waals surface area contributed by atoms with Crippen LogP contribution in [0.25, 0.3) is 0 Å². The Morgan fingerprint density at radius 2 is 1.92 bits per heavy atom. The maximum atomic E-state index is 12.2. The van der Waals surface area contributed by atoms with Crippen LogP contribution >= 0.6 is 12.4 Å². The number of nitrogens with one attached hydrogen (secondary N) is 2. The number of benzene rings is 1. The summed E-state index contributed by atoms with van der Waals surface area (Å²) >= 11 is 0. The topological polar surface area (TPSA) is 50.4 Å². The highest BCUT2D eigenvalue weighted by atomic mass is 35.5. The minimum atomic E-state index is -4.38. The molecule has 4 nitrogen and oxygen atoms in total. The number of hydrogen-bond acceptors (Lipinski definition) is 3. The minimum Gasteiger partial charge on any atom is -0.484 e. The zero-order valence-electron chi connectivity index (χ0n) is 13.6. The first-order chi connectivity index (χ1) is 11.4. The average Bonchev–Trinajstić information content (AvgIpc) is 2.84. The van der Waals surface area contributed by atoms with Crippen molar-refractivity contribution in [3.63, 3.8) is 0 Å². The van der Waals surface area contributed by atoms with Crippen LogP contribution < -0.4 is 15.4 Å². The summed E-state index contributed by atoms with van der Waals surface area (Å²) in [6.45, 7) is -1.34. The molecule has 140 valence electrons. The first-order valence-electron chi connectivity index (χ1n) is 8.23. The second-order valence-corrected chi connectivity index (χ2v) is 6.66. The van der Waals surface area contributed by atoms with Crippen molar-refractivity contribution in [2.45, 2.75) is 50.4 Å². The van der Waals surface area contributed by atoms with Gasteiger partial charge in [-0.15, -0.1) is 12.4 Å². The van der Waals surface area contributed by atoms with Crippen LogP contribution in [0.3, 0.4) is 0 Å². The molecule has 3 rings (SSSR count). The molecule has 0 spiro atoms. The molecule has 2 N–H and O–H groups in total. The second kappa shape index (κ2) is 8.27. The summed E-state index contributed by atoms with van der Waals surface area (Å²) in [5.74, 6) is 0.354. The number of carbonyl (C=O) groups is 1. The Morgan fingerprint density at radius 3 is 2.56 bits per heavy atom. The smallest absolute Gasteiger partial charge is 0.422 e. The number of hydrogen-bond donors (Lipinski definition) is 2. The molecule has 2 bridgehead atoms. The molecule has 1 amide bonds. The van der Waals surface area contributed by atoms with E-state index in [0.717, 1.165) is 12.8 Å². The van der Waals surface area contributed by atoms with Crippen molar-refractivity contribution in [2.75, 3.05) is 11.9 Å². The highest BCUT2D eigenvalue weighted by Crippen LogP contribution is 2.33. The molecule has 2 saturated heterocycles. The van der Waals surface area contributed by atoms with Crippen molar-refractivity contribution in [3.05, 3.63) is 24.3 Å². The molecule has 2 aliphatic rings. The second-order valence-electron chi connectivity index (χ2n) is 6.66. The Labute approximate surface area is 150 Å². The third-order valence-corrected chi connectivity index (χ3v) is 4.57. The molecule has 1 aromatic rings. The molecule has 2 aliphatic heterocycles. The van der Waals surface area contributed by atoms with Crippen LogP contribution in [0, 0.1) is 5.92 Å². The zero-order valence-corrected chi connectivity index (χ0v) is 14.5. The van der Waals surface area contributed by atoms with E-state index >= 15 is 0 Å². The van der Waals surface area contributed by atoms with Crippen LogP contribution in [0.1, 0.15) is 32.1 Å². The van der Waals surface area contributed by atoms with Gasteiger partial charge in [0.05, 0.1) is 0 Å². The molecular weight excluding hydrogens is 357 g/mol. The third kappa shape index (κ3) is 6.08. The van der Waals surface area contributed by atoms with Crippen LogP contribution in [0.4, 0.5) is 18.9 Å². The first kappa shape index (κ1) is 19.8. The van der Waals surface area contributed by atoms with E-state index in [-0.39, 0.29) is 24.1 Å². The van der Waals surface area contributed by atoms with Gasteiger partial charge in [-0.25, -0.2) is 0 Å². The monoisotopic (exact) mass is 378 g/mol. The van der Waals surface area contributed by atoms with E-state index in [4.69, 9.17) is 4.74 Å². The number of fused-ring (bicyclic) bond motifs is 2. The highest BCUT2D eigenvalue weighted by molar-refractivity contribution is 5.91. The number of carbonyl (C=O) groups excluding carboxylic acids is 1. The molecule has 1 aromatic carbocycles. The van der Waals surface area contributed by atoms with Gasteiger partial charge in [-0.1, -0.05) is 6.07 Å². The van der Waals surface area contributed by atoms with Crippen molar-refractivity contribution in [1.29, 1.82) is 0 Å². The fourth-order valence-corrected chi connectivity index (χ4v) is 3.64. The van der Waals surface area contributed by atoms with Crippen molar-refractivity contribution < 1.29 is 22.7 Å². The first-order valence-corrected chi connectivity index (χ1v) is 8.23. The van der Waals surface area contributed by atoms with Gasteiger partial charge >= 0.3 is 6.18 Å². The van der Waals surface area contributed by atoms with Crippen molar-refractivity contribution in [3.8, 4) is 5.75 Å². The maximum Gasteiger partial charge on any atom is 0.422 e. The number of ether oxygens (including phenoxy) is 1. The zero-order chi connectivity index (χ0) is 17.2. The summed E-state index contributed by atoms with van der Waals surface area (Å²) in [7, 11) is 0. The molecule has 2 heterocycles. The number of alkyl halides is 3. The van der Waals surface area contributed by atoms with Crippen molar-refractivity contribution >= 4 is 24.0 Å². The standard InChI is InChI=1S/C17H21F3N2O2.ClH/c18-17(19,20)10-24-15-3-1-2-12(9-15)22-16(23)8-11-6-13-4-5-14(7-11)21-13;/h1-3,9,11,13-14,21H,4-8,10H2,(H,22,23);1H. The van der Waals surface area contributed by atoms with E-state index in [2.05, 4.69) is 10.6 Å². The predicted octanol–water partition coefficient (Wildman–Crippen LogP) is 3.91. The SMILES string of the molecule is Cl.O=C(CC1CC2CCC(C1)N2)Nc1cccc(OCC(F)(F)F)c1. The summed E-state index contributed by atoms with van der Waals surface area (Å²) in [5.41, 5.74) is 0.455. The number of rotatable bonds is 5. The van der Waals surface area contributed by atoms with Gasteiger partial charge in [0, 0.05) is 30.3 Å². The summed E-state index contributed by atoms with van der Waals surface area (Å²) in [5, 5.41) is 6.29. The number of amides is 1. The van der Waals surface area contributed by atoms with Crippen LogP contribution in [-0.4, -0.2) is 30.8 Å². The van der Waals surface area contributed by atoms with E-state index in [0.29, 0.717) is 30.1 Å². The highest BCUT2D eigenvalue weighted by Gasteiger charge is 2.34. The largest absolute Gasteiger partial charge is 0.484 e. The molecule has 2 atom stereocenters. The van der Waals surface area contributed by atoms with E-state index in [1.54, 1.807) is 12.1 Å². The summed E-state index contributed by atoms with van der Waals surface area (Å²) < 4.78 is 41.2. The molecule has 0 radical (unpaired) electrons. The molecule has 25 heavy (non-hydrogen) atoms. The van der Waals surface area contributed by atoms with Gasteiger partial charge in [0.1, 0.15) is 5.75 Å². The maximum absolute atomic E-state index is 12.2. The lowest BCUT2D eigenvalue weighted by molar-refractivity contribution is -0.153. The van der Waals surface area contributed by atoms with Crippen LogP contribution in [0.15, 0.2) is 24.3 Å². The molecular formula is C17H22ClF3N2O2. The van der Waals surface area contributed by atoms with Crippen molar-refractivity contribution in [2.24, 2.45) is 5.92 Å². The summed E-state index contributed by atoms with van der Waals surface area (Å²) in [6, 6.07) is 7.11. The van der Waals surface area contributed by atoms with E-state index in [1.807, 2.05) is 0 Å². The Bertz CT molecular complexity index is 586. The molecule has 8 heteroatoms.